The highest BCUT2D eigenvalue weighted by Crippen LogP contribution is 2.35. The second-order valence-electron chi connectivity index (χ2n) is 6.61. The molecule has 2 aromatic rings. The van der Waals surface area contributed by atoms with Crippen LogP contribution in [0.5, 0.6) is 0 Å². The van der Waals surface area contributed by atoms with Crippen LogP contribution in [0.4, 0.5) is 5.69 Å². The van der Waals surface area contributed by atoms with Gasteiger partial charge >= 0.3 is 0 Å². The molecule has 0 unspecified atom stereocenters. The van der Waals surface area contributed by atoms with Crippen LogP contribution in [0.2, 0.25) is 0 Å². The summed E-state index contributed by atoms with van der Waals surface area (Å²) in [6.45, 7) is 2.71. The van der Waals surface area contributed by atoms with Crippen LogP contribution in [-0.4, -0.2) is 22.7 Å². The molecule has 1 aliphatic rings. The molecule has 1 fully saturated rings. The van der Waals surface area contributed by atoms with E-state index in [4.69, 9.17) is 5.10 Å². The Labute approximate surface area is 143 Å². The lowest BCUT2D eigenvalue weighted by atomic mass is 10.00. The minimum absolute atomic E-state index is 0.0517. The Kier molecular flexibility index (Phi) is 4.88. The van der Waals surface area contributed by atoms with Gasteiger partial charge in [-0.05, 0) is 37.5 Å². The number of hydrogen-bond acceptors (Lipinski definition) is 3. The van der Waals surface area contributed by atoms with Crippen LogP contribution in [0.25, 0.3) is 0 Å². The number of carbonyl (C=O) groups excluding carboxylic acids is 1. The Balaban J connectivity index is 1.78. The van der Waals surface area contributed by atoms with Crippen LogP contribution in [-0.2, 0) is 13.6 Å². The number of hydrogen-bond donors (Lipinski definition) is 2. The second-order valence-corrected chi connectivity index (χ2v) is 6.61. The first-order valence-corrected chi connectivity index (χ1v) is 8.68. The van der Waals surface area contributed by atoms with E-state index in [1.807, 2.05) is 36.9 Å². The predicted molar refractivity (Wildman–Crippen MR) is 96.3 cm³/mol. The molecule has 1 aliphatic carbocycles. The molecule has 0 radical (unpaired) electrons. The van der Waals surface area contributed by atoms with Gasteiger partial charge in [-0.15, -0.1) is 0 Å². The summed E-state index contributed by atoms with van der Waals surface area (Å²) >= 11 is 0. The summed E-state index contributed by atoms with van der Waals surface area (Å²) in [4.78, 5) is 11.9. The van der Waals surface area contributed by atoms with Crippen LogP contribution in [0, 0.1) is 6.92 Å². The fourth-order valence-corrected chi connectivity index (χ4v) is 3.63. The summed E-state index contributed by atoms with van der Waals surface area (Å²) in [7, 11) is 3.64. The number of aryl methyl sites for hydroxylation is 1. The van der Waals surface area contributed by atoms with Crippen molar-refractivity contribution in [2.45, 2.75) is 45.1 Å². The number of aromatic nitrogens is 2. The van der Waals surface area contributed by atoms with Gasteiger partial charge < -0.3 is 10.6 Å². The average molecular weight is 326 g/mol. The highest BCUT2D eigenvalue weighted by molar-refractivity contribution is 5.96. The lowest BCUT2D eigenvalue weighted by Gasteiger charge is -2.14. The number of nitrogens with one attached hydrogen (secondary N) is 2. The number of amides is 1. The van der Waals surface area contributed by atoms with Crippen LogP contribution >= 0.6 is 0 Å². The van der Waals surface area contributed by atoms with Crippen LogP contribution < -0.4 is 10.6 Å². The molecular formula is C19H26N4O. The van der Waals surface area contributed by atoms with E-state index >= 15 is 0 Å². The Hall–Kier alpha value is -2.30. The van der Waals surface area contributed by atoms with Gasteiger partial charge in [-0.2, -0.15) is 5.10 Å². The minimum atomic E-state index is -0.0517. The zero-order chi connectivity index (χ0) is 17.1. The summed E-state index contributed by atoms with van der Waals surface area (Å²) in [6, 6.07) is 5.79. The molecule has 0 saturated heterocycles. The summed E-state index contributed by atoms with van der Waals surface area (Å²) in [5.41, 5.74) is 5.18. The van der Waals surface area contributed by atoms with Crippen molar-refractivity contribution in [2.24, 2.45) is 7.05 Å². The third-order valence-electron chi connectivity index (χ3n) is 4.95. The molecule has 5 nitrogen and oxygen atoms in total. The molecule has 0 bridgehead atoms. The highest BCUT2D eigenvalue weighted by Gasteiger charge is 2.22. The number of anilines is 1. The van der Waals surface area contributed by atoms with Gasteiger partial charge in [-0.25, -0.2) is 0 Å². The molecular weight excluding hydrogens is 300 g/mol. The van der Waals surface area contributed by atoms with Crippen molar-refractivity contribution in [3.8, 4) is 0 Å². The van der Waals surface area contributed by atoms with Gasteiger partial charge in [-0.3, -0.25) is 9.48 Å². The van der Waals surface area contributed by atoms with Gasteiger partial charge in [0.2, 0.25) is 0 Å². The fraction of sp³-hybridized carbons (Fsp3) is 0.474. The van der Waals surface area contributed by atoms with Crippen LogP contribution in [0.3, 0.4) is 0 Å². The quantitative estimate of drug-likeness (QED) is 0.886. The Morgan fingerprint density at radius 1 is 1.33 bits per heavy atom. The molecule has 2 N–H and O–H groups in total. The van der Waals surface area contributed by atoms with Crippen molar-refractivity contribution >= 4 is 11.6 Å². The lowest BCUT2D eigenvalue weighted by Crippen LogP contribution is -2.19. The van der Waals surface area contributed by atoms with Crippen molar-refractivity contribution in [1.82, 2.24) is 15.1 Å². The van der Waals surface area contributed by atoms with Gasteiger partial charge in [0.05, 0.1) is 5.69 Å². The Morgan fingerprint density at radius 3 is 2.79 bits per heavy atom. The number of nitrogens with zero attached hydrogens (tertiary/aromatic N) is 2. The average Bonchev–Trinajstić information content (AvgIpc) is 3.22. The molecule has 128 valence electrons. The molecule has 0 aliphatic heterocycles. The monoisotopic (exact) mass is 326 g/mol. The van der Waals surface area contributed by atoms with Gasteiger partial charge in [0.1, 0.15) is 0 Å². The highest BCUT2D eigenvalue weighted by atomic mass is 16.1. The molecule has 1 saturated carbocycles. The Bertz CT molecular complexity index is 729. The molecule has 1 aromatic heterocycles. The second kappa shape index (κ2) is 7.07. The molecule has 1 amide bonds. The van der Waals surface area contributed by atoms with Crippen molar-refractivity contribution in [3.05, 3.63) is 46.8 Å². The van der Waals surface area contributed by atoms with Gasteiger partial charge in [0.15, 0.2) is 0 Å². The standard InChI is InChI=1S/C19H26N4O/c1-13-16(19(24)20-2)9-6-10-17(13)21-11-15-12-23(3)22-18(15)14-7-4-5-8-14/h6,9-10,12,14,21H,4-5,7-8,11H2,1-3H3,(H,20,24). The maximum Gasteiger partial charge on any atom is 0.251 e. The first-order chi connectivity index (χ1) is 11.6. The fourth-order valence-electron chi connectivity index (χ4n) is 3.63. The zero-order valence-corrected chi connectivity index (χ0v) is 14.7. The Morgan fingerprint density at radius 2 is 2.08 bits per heavy atom. The molecule has 1 heterocycles. The van der Waals surface area contributed by atoms with Crippen molar-refractivity contribution in [3.63, 3.8) is 0 Å². The predicted octanol–water partition coefficient (Wildman–Crippen LogP) is 3.36. The minimum Gasteiger partial charge on any atom is -0.381 e. The topological polar surface area (TPSA) is 59.0 Å². The van der Waals surface area contributed by atoms with E-state index in [0.717, 1.165) is 17.8 Å². The largest absolute Gasteiger partial charge is 0.381 e. The van der Waals surface area contributed by atoms with E-state index < -0.39 is 0 Å². The van der Waals surface area contributed by atoms with E-state index in [9.17, 15) is 4.79 Å². The zero-order valence-electron chi connectivity index (χ0n) is 14.7. The van der Waals surface area contributed by atoms with Gasteiger partial charge in [-0.1, -0.05) is 18.9 Å². The van der Waals surface area contributed by atoms with Gasteiger partial charge in [0.25, 0.3) is 5.91 Å². The number of rotatable bonds is 5. The van der Waals surface area contributed by atoms with E-state index in [0.29, 0.717) is 11.5 Å². The van der Waals surface area contributed by atoms with Crippen molar-refractivity contribution in [2.75, 3.05) is 12.4 Å². The summed E-state index contributed by atoms with van der Waals surface area (Å²) in [6.07, 6.45) is 7.21. The first kappa shape index (κ1) is 16.6. The molecule has 5 heteroatoms. The SMILES string of the molecule is CNC(=O)c1cccc(NCc2cn(C)nc2C2CCCC2)c1C. The number of carbonyl (C=O) groups is 1. The van der Waals surface area contributed by atoms with Crippen LogP contribution in [0.15, 0.2) is 24.4 Å². The molecule has 0 atom stereocenters. The number of benzene rings is 1. The summed E-state index contributed by atoms with van der Waals surface area (Å²) < 4.78 is 1.92. The first-order valence-electron chi connectivity index (χ1n) is 8.68. The van der Waals surface area contributed by atoms with E-state index in [1.165, 1.54) is 36.9 Å². The van der Waals surface area contributed by atoms with Crippen molar-refractivity contribution < 1.29 is 4.79 Å². The molecule has 24 heavy (non-hydrogen) atoms. The van der Waals surface area contributed by atoms with Crippen LogP contribution in [0.1, 0.15) is 58.8 Å². The summed E-state index contributed by atoms with van der Waals surface area (Å²) in [5.74, 6) is 0.547. The summed E-state index contributed by atoms with van der Waals surface area (Å²) in [5, 5.41) is 10.9. The third-order valence-corrected chi connectivity index (χ3v) is 4.95. The van der Waals surface area contributed by atoms with Crippen molar-refractivity contribution in [1.29, 1.82) is 0 Å². The van der Waals surface area contributed by atoms with E-state index in [2.05, 4.69) is 16.8 Å². The lowest BCUT2D eigenvalue weighted by molar-refractivity contribution is 0.0962. The third kappa shape index (κ3) is 3.30. The molecule has 1 aromatic carbocycles. The normalized spacial score (nSPS) is 14.8. The molecule has 3 rings (SSSR count). The molecule has 0 spiro atoms. The maximum absolute atomic E-state index is 11.9. The smallest absolute Gasteiger partial charge is 0.251 e. The van der Waals surface area contributed by atoms with E-state index in [-0.39, 0.29) is 5.91 Å². The maximum atomic E-state index is 11.9. The van der Waals surface area contributed by atoms with E-state index in [1.54, 1.807) is 7.05 Å². The van der Waals surface area contributed by atoms with Gasteiger partial charge in [0, 0.05) is 49.6 Å².